The van der Waals surface area contributed by atoms with Crippen molar-refractivity contribution in [2.45, 2.75) is 0 Å². The van der Waals surface area contributed by atoms with Crippen LogP contribution < -0.4 is 0 Å². The molecule has 1 aromatic carbocycles. The summed E-state index contributed by atoms with van der Waals surface area (Å²) in [6.45, 7) is 1.70. The van der Waals surface area contributed by atoms with Crippen molar-refractivity contribution in [3.8, 4) is 0 Å². The summed E-state index contributed by atoms with van der Waals surface area (Å²) in [4.78, 5) is 40.6. The Kier molecular flexibility index (Phi) is 4.39. The summed E-state index contributed by atoms with van der Waals surface area (Å²) >= 11 is 0. The molecular weight excluding hydrogens is 385 g/mol. The number of carbonyl (C=O) groups is 2. The maximum Gasteiger partial charge on any atom is 0.270 e. The number of hydrogen-bond acceptors (Lipinski definition) is 4. The smallest absolute Gasteiger partial charge is 0.270 e. The number of aromatic amines is 1. The lowest BCUT2D eigenvalue weighted by Crippen LogP contribution is -2.50. The Hall–Kier alpha value is -3.81. The van der Waals surface area contributed by atoms with Crippen LogP contribution in [0.4, 0.5) is 4.39 Å². The summed E-state index contributed by atoms with van der Waals surface area (Å²) in [5.41, 5.74) is 2.56. The van der Waals surface area contributed by atoms with Crippen LogP contribution in [0.25, 0.3) is 21.9 Å². The average Bonchev–Trinajstić information content (AvgIpc) is 3.22. The summed E-state index contributed by atoms with van der Waals surface area (Å²) in [7, 11) is 0. The molecule has 5 rings (SSSR count). The predicted molar refractivity (Wildman–Crippen MR) is 110 cm³/mol. The first kappa shape index (κ1) is 18.2. The second-order valence-corrected chi connectivity index (χ2v) is 7.23. The molecule has 0 bridgehead atoms. The van der Waals surface area contributed by atoms with Crippen LogP contribution in [0.15, 0.2) is 54.9 Å². The first-order valence-electron chi connectivity index (χ1n) is 9.67. The van der Waals surface area contributed by atoms with Crippen molar-refractivity contribution in [2.75, 3.05) is 26.2 Å². The zero-order valence-electron chi connectivity index (χ0n) is 16.0. The number of hydrogen-bond donors (Lipinski definition) is 1. The van der Waals surface area contributed by atoms with Crippen molar-refractivity contribution >= 4 is 33.8 Å². The van der Waals surface area contributed by atoms with Gasteiger partial charge in [-0.3, -0.25) is 19.6 Å². The fourth-order valence-electron chi connectivity index (χ4n) is 3.82. The number of benzene rings is 1. The highest BCUT2D eigenvalue weighted by atomic mass is 19.1. The molecule has 0 atom stereocenters. The Labute approximate surface area is 171 Å². The number of nitrogens with zero attached hydrogens (tertiary/aromatic N) is 4. The van der Waals surface area contributed by atoms with Crippen molar-refractivity contribution in [2.24, 2.45) is 0 Å². The number of nitrogens with one attached hydrogen (secondary N) is 1. The van der Waals surface area contributed by atoms with Gasteiger partial charge in [-0.1, -0.05) is 18.2 Å². The number of fused-ring (bicyclic) bond motifs is 2. The Morgan fingerprint density at radius 3 is 2.43 bits per heavy atom. The second kappa shape index (κ2) is 7.22. The summed E-state index contributed by atoms with van der Waals surface area (Å²) in [5.74, 6) is -0.771. The van der Waals surface area contributed by atoms with Crippen LogP contribution >= 0.6 is 0 Å². The summed E-state index contributed by atoms with van der Waals surface area (Å²) < 4.78 is 13.4. The summed E-state index contributed by atoms with van der Waals surface area (Å²) in [5, 5.41) is 0.989. The number of halogens is 1. The van der Waals surface area contributed by atoms with Crippen LogP contribution in [-0.2, 0) is 0 Å². The normalized spacial score (nSPS) is 14.4. The van der Waals surface area contributed by atoms with Gasteiger partial charge in [-0.05, 0) is 18.2 Å². The van der Waals surface area contributed by atoms with E-state index in [1.54, 1.807) is 15.9 Å². The van der Waals surface area contributed by atoms with E-state index in [9.17, 15) is 14.0 Å². The van der Waals surface area contributed by atoms with Gasteiger partial charge in [-0.25, -0.2) is 4.39 Å². The molecule has 150 valence electrons. The van der Waals surface area contributed by atoms with Gasteiger partial charge in [0, 0.05) is 49.3 Å². The van der Waals surface area contributed by atoms with Crippen LogP contribution in [0.3, 0.4) is 0 Å². The van der Waals surface area contributed by atoms with E-state index in [0.717, 1.165) is 17.1 Å². The fourth-order valence-corrected chi connectivity index (χ4v) is 3.82. The van der Waals surface area contributed by atoms with Crippen LogP contribution in [0, 0.1) is 5.82 Å². The zero-order chi connectivity index (χ0) is 20.7. The number of pyridine rings is 2. The molecule has 1 aliphatic rings. The highest BCUT2D eigenvalue weighted by molar-refractivity contribution is 6.04. The van der Waals surface area contributed by atoms with Gasteiger partial charge in [0.1, 0.15) is 17.0 Å². The van der Waals surface area contributed by atoms with Gasteiger partial charge in [0.2, 0.25) is 0 Å². The average molecular weight is 403 g/mol. The number of carbonyl (C=O) groups excluding carboxylic acids is 2. The molecule has 2 amide bonds. The number of piperazine rings is 1. The third-order valence-corrected chi connectivity index (χ3v) is 5.39. The highest BCUT2D eigenvalue weighted by Gasteiger charge is 2.27. The van der Waals surface area contributed by atoms with Crippen LogP contribution in [0.5, 0.6) is 0 Å². The van der Waals surface area contributed by atoms with Crippen LogP contribution in [-0.4, -0.2) is 62.7 Å². The molecule has 0 saturated carbocycles. The Bertz CT molecular complexity index is 1240. The van der Waals surface area contributed by atoms with E-state index < -0.39 is 5.82 Å². The van der Waals surface area contributed by atoms with Crippen LogP contribution in [0.1, 0.15) is 20.8 Å². The van der Waals surface area contributed by atoms with E-state index in [4.69, 9.17) is 0 Å². The lowest BCUT2D eigenvalue weighted by molar-refractivity contribution is 0.0533. The summed E-state index contributed by atoms with van der Waals surface area (Å²) in [6.07, 6.45) is 2.56. The molecule has 3 aromatic heterocycles. The topological polar surface area (TPSA) is 82.2 Å². The monoisotopic (exact) mass is 403 g/mol. The molecule has 8 heteroatoms. The minimum atomic E-state index is -0.497. The first-order valence-corrected chi connectivity index (χ1v) is 9.67. The van der Waals surface area contributed by atoms with Crippen molar-refractivity contribution in [1.82, 2.24) is 24.8 Å². The van der Waals surface area contributed by atoms with Gasteiger partial charge in [0.15, 0.2) is 0 Å². The molecule has 0 aliphatic carbocycles. The summed E-state index contributed by atoms with van der Waals surface area (Å²) in [6, 6.07) is 12.4. The molecule has 0 unspecified atom stereocenters. The Balaban J connectivity index is 1.31. The largest absolute Gasteiger partial charge is 0.351 e. The van der Waals surface area contributed by atoms with Gasteiger partial charge < -0.3 is 14.8 Å². The number of H-pyrrole nitrogens is 1. The fraction of sp³-hybridized carbons (Fsp3) is 0.182. The number of aromatic nitrogens is 3. The van der Waals surface area contributed by atoms with Crippen molar-refractivity contribution in [3.63, 3.8) is 0 Å². The van der Waals surface area contributed by atoms with E-state index in [-0.39, 0.29) is 11.8 Å². The van der Waals surface area contributed by atoms with Gasteiger partial charge in [-0.15, -0.1) is 0 Å². The molecule has 0 spiro atoms. The van der Waals surface area contributed by atoms with Gasteiger partial charge in [0.25, 0.3) is 11.8 Å². The molecule has 4 heterocycles. The van der Waals surface area contributed by atoms with Gasteiger partial charge in [-0.2, -0.15) is 0 Å². The van der Waals surface area contributed by atoms with E-state index in [1.807, 2.05) is 30.3 Å². The third-order valence-electron chi connectivity index (χ3n) is 5.39. The SMILES string of the molecule is O=C(c1cc2ccccc2[nH]1)N1CCN(C(=O)c2ccnc3cc(F)cnc23)CC1. The van der Waals surface area contributed by atoms with Crippen molar-refractivity contribution in [3.05, 3.63) is 71.9 Å². The van der Waals surface area contributed by atoms with Gasteiger partial charge >= 0.3 is 0 Å². The molecular formula is C22H18FN5O2. The van der Waals surface area contributed by atoms with E-state index in [0.29, 0.717) is 48.5 Å². The zero-order valence-corrected chi connectivity index (χ0v) is 16.0. The molecule has 4 aromatic rings. The van der Waals surface area contributed by atoms with Gasteiger partial charge in [0.05, 0.1) is 17.3 Å². The standard InChI is InChI=1S/C22H18FN5O2/c23-15-12-18-20(25-13-15)16(5-6-24-18)21(29)27-7-9-28(10-8-27)22(30)19-11-14-3-1-2-4-17(14)26-19/h1-6,11-13,26H,7-10H2. The number of amides is 2. The molecule has 1 N–H and O–H groups in total. The number of para-hydroxylation sites is 1. The molecule has 7 nitrogen and oxygen atoms in total. The molecule has 0 radical (unpaired) electrons. The van der Waals surface area contributed by atoms with Crippen LogP contribution in [0.2, 0.25) is 0 Å². The quantitative estimate of drug-likeness (QED) is 0.558. The van der Waals surface area contributed by atoms with Crippen molar-refractivity contribution in [1.29, 1.82) is 0 Å². The van der Waals surface area contributed by atoms with E-state index in [2.05, 4.69) is 15.0 Å². The minimum Gasteiger partial charge on any atom is -0.351 e. The van der Waals surface area contributed by atoms with Crippen molar-refractivity contribution < 1.29 is 14.0 Å². The minimum absolute atomic E-state index is 0.0789. The Morgan fingerprint density at radius 1 is 0.933 bits per heavy atom. The Morgan fingerprint density at radius 2 is 1.67 bits per heavy atom. The second-order valence-electron chi connectivity index (χ2n) is 7.23. The predicted octanol–water partition coefficient (Wildman–Crippen LogP) is 2.85. The van der Waals surface area contributed by atoms with E-state index in [1.165, 1.54) is 12.3 Å². The maximum absolute atomic E-state index is 13.4. The molecule has 1 saturated heterocycles. The third kappa shape index (κ3) is 3.16. The maximum atomic E-state index is 13.4. The molecule has 1 fully saturated rings. The first-order chi connectivity index (χ1) is 14.6. The lowest BCUT2D eigenvalue weighted by atomic mass is 10.1. The highest BCUT2D eigenvalue weighted by Crippen LogP contribution is 2.20. The molecule has 30 heavy (non-hydrogen) atoms. The number of rotatable bonds is 2. The lowest BCUT2D eigenvalue weighted by Gasteiger charge is -2.34. The van der Waals surface area contributed by atoms with E-state index >= 15 is 0 Å². The molecule has 1 aliphatic heterocycles.